The third-order valence-corrected chi connectivity index (χ3v) is 6.11. The van der Waals surface area contributed by atoms with Gasteiger partial charge >= 0.3 is 0 Å². The molecule has 0 aliphatic rings. The molecule has 0 saturated heterocycles. The lowest BCUT2D eigenvalue weighted by Crippen LogP contribution is -2.02. The molecule has 4 aromatic heterocycles. The van der Waals surface area contributed by atoms with Crippen LogP contribution >= 0.6 is 34.0 Å². The SMILES string of the molecule is O=c1[nH]cnc2cc(-c3cc4sccc4s3)sc12. The van der Waals surface area contributed by atoms with Crippen LogP contribution in [0.4, 0.5) is 0 Å². The molecule has 88 valence electrons. The van der Waals surface area contributed by atoms with Crippen LogP contribution in [0.2, 0.25) is 0 Å². The van der Waals surface area contributed by atoms with Crippen molar-refractivity contribution >= 4 is 53.6 Å². The van der Waals surface area contributed by atoms with E-state index in [-0.39, 0.29) is 5.56 Å². The summed E-state index contributed by atoms with van der Waals surface area (Å²) in [5.41, 5.74) is 0.713. The summed E-state index contributed by atoms with van der Waals surface area (Å²) in [6.45, 7) is 0. The van der Waals surface area contributed by atoms with Crippen molar-refractivity contribution in [3.05, 3.63) is 40.3 Å². The second-order valence-electron chi connectivity index (χ2n) is 3.82. The standard InChI is InChI=1S/C12H6N2OS3/c15-12-11-6(13-5-14-12)3-9(18-11)10-4-8-7(17-10)1-2-16-8/h1-5H,(H,13,14,15). The van der Waals surface area contributed by atoms with Crippen molar-refractivity contribution in [1.82, 2.24) is 9.97 Å². The molecule has 0 aliphatic heterocycles. The Morgan fingerprint density at radius 1 is 1.11 bits per heavy atom. The van der Waals surface area contributed by atoms with Crippen LogP contribution in [0.3, 0.4) is 0 Å². The first-order chi connectivity index (χ1) is 8.81. The van der Waals surface area contributed by atoms with E-state index in [2.05, 4.69) is 27.5 Å². The molecular formula is C12H6N2OS3. The van der Waals surface area contributed by atoms with Crippen molar-refractivity contribution < 1.29 is 0 Å². The van der Waals surface area contributed by atoms with E-state index in [4.69, 9.17) is 0 Å². The molecule has 0 aromatic carbocycles. The van der Waals surface area contributed by atoms with Gasteiger partial charge < -0.3 is 4.98 Å². The molecule has 4 aromatic rings. The zero-order valence-corrected chi connectivity index (χ0v) is 11.4. The van der Waals surface area contributed by atoms with Crippen molar-refractivity contribution in [2.24, 2.45) is 0 Å². The van der Waals surface area contributed by atoms with E-state index in [1.54, 1.807) is 22.7 Å². The maximum atomic E-state index is 11.7. The van der Waals surface area contributed by atoms with Gasteiger partial charge in [0.25, 0.3) is 5.56 Å². The van der Waals surface area contributed by atoms with Crippen LogP contribution < -0.4 is 5.56 Å². The second-order valence-corrected chi connectivity index (χ2v) is 6.90. The highest BCUT2D eigenvalue weighted by Crippen LogP contribution is 2.39. The van der Waals surface area contributed by atoms with E-state index in [1.165, 1.54) is 31.9 Å². The van der Waals surface area contributed by atoms with Gasteiger partial charge in [-0.2, -0.15) is 0 Å². The lowest BCUT2D eigenvalue weighted by atomic mass is 10.3. The third kappa shape index (κ3) is 1.46. The minimum atomic E-state index is -0.0605. The minimum absolute atomic E-state index is 0.0605. The number of aromatic nitrogens is 2. The molecule has 0 atom stereocenters. The molecule has 6 heteroatoms. The predicted molar refractivity (Wildman–Crippen MR) is 78.9 cm³/mol. The summed E-state index contributed by atoms with van der Waals surface area (Å²) < 4.78 is 3.30. The highest BCUT2D eigenvalue weighted by atomic mass is 32.1. The van der Waals surface area contributed by atoms with Gasteiger partial charge in [0.15, 0.2) is 0 Å². The van der Waals surface area contributed by atoms with Gasteiger partial charge in [0, 0.05) is 19.2 Å². The fraction of sp³-hybridized carbons (Fsp3) is 0. The van der Waals surface area contributed by atoms with Crippen LogP contribution in [0, 0.1) is 0 Å². The second kappa shape index (κ2) is 3.74. The van der Waals surface area contributed by atoms with Gasteiger partial charge in [0.05, 0.1) is 11.8 Å². The minimum Gasteiger partial charge on any atom is -0.312 e. The summed E-state index contributed by atoms with van der Waals surface area (Å²) >= 11 is 5.01. The van der Waals surface area contributed by atoms with Crippen LogP contribution in [-0.4, -0.2) is 9.97 Å². The van der Waals surface area contributed by atoms with Gasteiger partial charge in [-0.15, -0.1) is 34.0 Å². The largest absolute Gasteiger partial charge is 0.312 e. The summed E-state index contributed by atoms with van der Waals surface area (Å²) in [5.74, 6) is 0. The molecule has 0 spiro atoms. The average Bonchev–Trinajstić information content (AvgIpc) is 3.01. The van der Waals surface area contributed by atoms with Gasteiger partial charge in [0.2, 0.25) is 0 Å². The van der Waals surface area contributed by atoms with E-state index >= 15 is 0 Å². The predicted octanol–water partition coefficient (Wildman–Crippen LogP) is 3.93. The first-order valence-corrected chi connectivity index (χ1v) is 7.77. The van der Waals surface area contributed by atoms with Crippen molar-refractivity contribution in [2.45, 2.75) is 0 Å². The molecule has 4 rings (SSSR count). The molecule has 0 aliphatic carbocycles. The third-order valence-electron chi connectivity index (χ3n) is 2.70. The number of thiophene rings is 3. The number of H-pyrrole nitrogens is 1. The van der Waals surface area contributed by atoms with Crippen molar-refractivity contribution in [1.29, 1.82) is 0 Å². The average molecular weight is 290 g/mol. The first-order valence-electron chi connectivity index (χ1n) is 5.26. The Kier molecular flexibility index (Phi) is 2.17. The van der Waals surface area contributed by atoms with Crippen molar-refractivity contribution in [3.8, 4) is 9.75 Å². The molecule has 4 heterocycles. The Labute approximate surface area is 113 Å². The summed E-state index contributed by atoms with van der Waals surface area (Å²) in [4.78, 5) is 20.8. The molecule has 0 fully saturated rings. The maximum Gasteiger partial charge on any atom is 0.268 e. The van der Waals surface area contributed by atoms with Crippen molar-refractivity contribution in [2.75, 3.05) is 0 Å². The van der Waals surface area contributed by atoms with Gasteiger partial charge in [-0.05, 0) is 23.6 Å². The zero-order valence-electron chi connectivity index (χ0n) is 8.97. The van der Waals surface area contributed by atoms with Gasteiger partial charge in [-0.25, -0.2) is 4.98 Å². The van der Waals surface area contributed by atoms with Crippen LogP contribution in [-0.2, 0) is 0 Å². The zero-order chi connectivity index (χ0) is 12.1. The number of fused-ring (bicyclic) bond motifs is 2. The van der Waals surface area contributed by atoms with E-state index in [0.717, 1.165) is 10.4 Å². The number of hydrogen-bond donors (Lipinski definition) is 1. The number of aromatic amines is 1. The molecule has 0 amide bonds. The van der Waals surface area contributed by atoms with Crippen LogP contribution in [0.5, 0.6) is 0 Å². The van der Waals surface area contributed by atoms with Gasteiger partial charge in [0.1, 0.15) is 4.70 Å². The Morgan fingerprint density at radius 2 is 2.00 bits per heavy atom. The number of nitrogens with one attached hydrogen (secondary N) is 1. The van der Waals surface area contributed by atoms with Gasteiger partial charge in [-0.3, -0.25) is 4.79 Å². The maximum absolute atomic E-state index is 11.7. The lowest BCUT2D eigenvalue weighted by molar-refractivity contribution is 1.18. The van der Waals surface area contributed by atoms with Crippen molar-refractivity contribution in [3.63, 3.8) is 0 Å². The Hall–Kier alpha value is -1.50. The van der Waals surface area contributed by atoms with Crippen LogP contribution in [0.1, 0.15) is 0 Å². The number of hydrogen-bond acceptors (Lipinski definition) is 5. The lowest BCUT2D eigenvalue weighted by Gasteiger charge is -1.86. The number of nitrogens with zero attached hydrogens (tertiary/aromatic N) is 1. The summed E-state index contributed by atoms with van der Waals surface area (Å²) in [6, 6.07) is 6.31. The fourth-order valence-corrected chi connectivity index (χ4v) is 5.06. The topological polar surface area (TPSA) is 45.8 Å². The fourth-order valence-electron chi connectivity index (χ4n) is 1.87. The molecule has 1 N–H and O–H groups in total. The molecule has 0 unspecified atom stereocenters. The smallest absolute Gasteiger partial charge is 0.268 e. The van der Waals surface area contributed by atoms with E-state index < -0.39 is 0 Å². The van der Waals surface area contributed by atoms with Gasteiger partial charge in [-0.1, -0.05) is 0 Å². The number of rotatable bonds is 1. The Balaban J connectivity index is 1.99. The van der Waals surface area contributed by atoms with E-state index in [9.17, 15) is 4.79 Å². The summed E-state index contributed by atoms with van der Waals surface area (Å²) in [5, 5.41) is 2.10. The monoisotopic (exact) mass is 290 g/mol. The molecule has 3 nitrogen and oxygen atoms in total. The molecule has 18 heavy (non-hydrogen) atoms. The molecular weight excluding hydrogens is 284 g/mol. The Bertz CT molecular complexity index is 883. The highest BCUT2D eigenvalue weighted by molar-refractivity contribution is 7.31. The quantitative estimate of drug-likeness (QED) is 0.577. The molecule has 0 bridgehead atoms. The first kappa shape index (κ1) is 10.4. The van der Waals surface area contributed by atoms with Crippen LogP contribution in [0.25, 0.3) is 29.4 Å². The summed E-state index contributed by atoms with van der Waals surface area (Å²) in [6.07, 6.45) is 1.45. The molecule has 0 radical (unpaired) electrons. The normalized spacial score (nSPS) is 11.6. The molecule has 0 saturated carbocycles. The summed E-state index contributed by atoms with van der Waals surface area (Å²) in [7, 11) is 0. The van der Waals surface area contributed by atoms with E-state index in [0.29, 0.717) is 4.70 Å². The highest BCUT2D eigenvalue weighted by Gasteiger charge is 2.11. The van der Waals surface area contributed by atoms with E-state index in [1.807, 2.05) is 6.07 Å². The van der Waals surface area contributed by atoms with Crippen LogP contribution in [0.15, 0.2) is 34.7 Å². The Morgan fingerprint density at radius 3 is 2.83 bits per heavy atom.